The summed E-state index contributed by atoms with van der Waals surface area (Å²) in [5.41, 5.74) is 2.50. The number of rotatable bonds is 8. The molecule has 0 aliphatic rings. The molecule has 7 nitrogen and oxygen atoms in total. The van der Waals surface area contributed by atoms with Gasteiger partial charge in [0, 0.05) is 18.7 Å². The summed E-state index contributed by atoms with van der Waals surface area (Å²) in [5, 5.41) is 15.7. The summed E-state index contributed by atoms with van der Waals surface area (Å²) < 4.78 is 15.8. The Morgan fingerprint density at radius 2 is 1.79 bits per heavy atom. The minimum atomic E-state index is -0.813. The summed E-state index contributed by atoms with van der Waals surface area (Å²) in [7, 11) is 3.13. The number of carbonyl (C=O) groups is 1. The number of urea groups is 1. The van der Waals surface area contributed by atoms with Gasteiger partial charge in [0.25, 0.3) is 0 Å². The molecule has 152 valence electrons. The van der Waals surface area contributed by atoms with Crippen molar-refractivity contribution in [2.45, 2.75) is 12.6 Å². The third-order valence-corrected chi connectivity index (χ3v) is 4.46. The van der Waals surface area contributed by atoms with Crippen LogP contribution in [0.25, 0.3) is 11.3 Å². The van der Waals surface area contributed by atoms with Crippen LogP contribution in [0.15, 0.2) is 65.3 Å². The van der Waals surface area contributed by atoms with Crippen LogP contribution in [-0.4, -0.2) is 31.9 Å². The zero-order chi connectivity index (χ0) is 20.6. The molecule has 1 aromatic heterocycles. The molecule has 0 saturated heterocycles. The molecule has 3 rings (SSSR count). The summed E-state index contributed by atoms with van der Waals surface area (Å²) >= 11 is 0. The van der Waals surface area contributed by atoms with Gasteiger partial charge in [-0.1, -0.05) is 30.3 Å². The second-order valence-corrected chi connectivity index (χ2v) is 6.37. The summed E-state index contributed by atoms with van der Waals surface area (Å²) in [4.78, 5) is 12.0. The molecule has 0 saturated carbocycles. The molecule has 0 spiro atoms. The maximum atomic E-state index is 12.0. The highest BCUT2D eigenvalue weighted by molar-refractivity contribution is 5.73. The van der Waals surface area contributed by atoms with Crippen LogP contribution in [0, 0.1) is 0 Å². The number of amides is 2. The Balaban J connectivity index is 1.47. The fourth-order valence-corrected chi connectivity index (χ4v) is 2.86. The molecule has 1 atom stereocenters. The predicted molar refractivity (Wildman–Crippen MR) is 109 cm³/mol. The number of hydrogen-bond donors (Lipinski definition) is 3. The van der Waals surface area contributed by atoms with E-state index in [1.165, 1.54) is 0 Å². The molecule has 3 N–H and O–H groups in total. The molecule has 0 aliphatic heterocycles. The van der Waals surface area contributed by atoms with Crippen molar-refractivity contribution < 1.29 is 23.8 Å². The normalized spacial score (nSPS) is 11.6. The van der Waals surface area contributed by atoms with Gasteiger partial charge in [-0.05, 0) is 35.4 Å². The van der Waals surface area contributed by atoms with Crippen molar-refractivity contribution >= 4 is 6.03 Å². The Morgan fingerprint density at radius 3 is 2.45 bits per heavy atom. The number of hydrogen-bond acceptors (Lipinski definition) is 5. The quantitative estimate of drug-likeness (QED) is 0.542. The van der Waals surface area contributed by atoms with Crippen molar-refractivity contribution in [2.75, 3.05) is 20.8 Å². The van der Waals surface area contributed by atoms with Gasteiger partial charge in [-0.3, -0.25) is 0 Å². The van der Waals surface area contributed by atoms with Crippen molar-refractivity contribution in [3.05, 3.63) is 72.0 Å². The first-order valence-electron chi connectivity index (χ1n) is 9.15. The van der Waals surface area contributed by atoms with Crippen LogP contribution >= 0.6 is 0 Å². The van der Waals surface area contributed by atoms with Crippen LogP contribution in [0.4, 0.5) is 4.79 Å². The lowest BCUT2D eigenvalue weighted by molar-refractivity contribution is 0.173. The van der Waals surface area contributed by atoms with Crippen LogP contribution in [0.2, 0.25) is 0 Å². The molecule has 3 aromatic rings. The first-order valence-corrected chi connectivity index (χ1v) is 9.15. The molecule has 2 aromatic carbocycles. The molecule has 0 aliphatic carbocycles. The molecule has 2 amide bonds. The van der Waals surface area contributed by atoms with Gasteiger partial charge in [-0.15, -0.1) is 0 Å². The van der Waals surface area contributed by atoms with E-state index in [9.17, 15) is 9.90 Å². The summed E-state index contributed by atoms with van der Waals surface area (Å²) in [5.74, 6) is 1.99. The number of carbonyl (C=O) groups excluding carboxylic acids is 1. The second-order valence-electron chi connectivity index (χ2n) is 6.37. The first-order chi connectivity index (χ1) is 14.1. The van der Waals surface area contributed by atoms with E-state index < -0.39 is 6.10 Å². The maximum absolute atomic E-state index is 12.0. The van der Waals surface area contributed by atoms with Crippen LogP contribution in [0.3, 0.4) is 0 Å². The van der Waals surface area contributed by atoms with Crippen molar-refractivity contribution in [1.82, 2.24) is 10.6 Å². The lowest BCUT2D eigenvalue weighted by atomic mass is 10.1. The van der Waals surface area contributed by atoms with E-state index in [-0.39, 0.29) is 12.6 Å². The van der Waals surface area contributed by atoms with Gasteiger partial charge in [-0.25, -0.2) is 4.79 Å². The van der Waals surface area contributed by atoms with Crippen molar-refractivity contribution in [3.63, 3.8) is 0 Å². The van der Waals surface area contributed by atoms with Gasteiger partial charge in [0.1, 0.15) is 5.76 Å². The van der Waals surface area contributed by atoms with E-state index in [1.54, 1.807) is 32.6 Å². The summed E-state index contributed by atoms with van der Waals surface area (Å²) in [6, 6.07) is 16.1. The molecule has 0 bridgehead atoms. The Morgan fingerprint density at radius 1 is 1.03 bits per heavy atom. The Hall–Kier alpha value is -3.45. The van der Waals surface area contributed by atoms with E-state index >= 15 is 0 Å². The minimum absolute atomic E-state index is 0.0951. The lowest BCUT2D eigenvalue weighted by Crippen LogP contribution is -2.37. The topological polar surface area (TPSA) is 93.0 Å². The van der Waals surface area contributed by atoms with Gasteiger partial charge in [0.2, 0.25) is 0 Å². The van der Waals surface area contributed by atoms with Crippen molar-refractivity contribution in [2.24, 2.45) is 0 Å². The van der Waals surface area contributed by atoms with E-state index in [4.69, 9.17) is 13.9 Å². The number of methoxy groups -OCH3 is 2. The van der Waals surface area contributed by atoms with E-state index in [0.29, 0.717) is 23.6 Å². The number of ether oxygens (including phenoxy) is 2. The van der Waals surface area contributed by atoms with E-state index in [2.05, 4.69) is 10.6 Å². The highest BCUT2D eigenvalue weighted by Gasteiger charge is 2.11. The van der Waals surface area contributed by atoms with Crippen LogP contribution in [0.5, 0.6) is 11.5 Å². The third kappa shape index (κ3) is 5.30. The SMILES string of the molecule is COc1ccc(CNC(=O)NC[C@H](O)c2ccc(-c3ccco3)cc2)cc1OC. The number of aliphatic hydroxyl groups is 1. The van der Waals surface area contributed by atoms with E-state index in [0.717, 1.165) is 16.9 Å². The molecule has 0 fully saturated rings. The zero-order valence-corrected chi connectivity index (χ0v) is 16.3. The minimum Gasteiger partial charge on any atom is -0.493 e. The highest BCUT2D eigenvalue weighted by Crippen LogP contribution is 2.27. The molecule has 1 heterocycles. The van der Waals surface area contributed by atoms with Gasteiger partial charge < -0.3 is 29.6 Å². The number of nitrogens with one attached hydrogen (secondary N) is 2. The monoisotopic (exact) mass is 396 g/mol. The Bertz CT molecular complexity index is 923. The van der Waals surface area contributed by atoms with Crippen LogP contribution in [0.1, 0.15) is 17.2 Å². The fraction of sp³-hybridized carbons (Fsp3) is 0.227. The summed E-state index contributed by atoms with van der Waals surface area (Å²) in [6.07, 6.45) is 0.801. The van der Waals surface area contributed by atoms with Gasteiger partial charge >= 0.3 is 6.03 Å². The van der Waals surface area contributed by atoms with E-state index in [1.807, 2.05) is 42.5 Å². The molecular formula is C22H24N2O5. The second kappa shape index (κ2) is 9.66. The third-order valence-electron chi connectivity index (χ3n) is 4.46. The largest absolute Gasteiger partial charge is 0.493 e. The average Bonchev–Trinajstić information content (AvgIpc) is 3.30. The number of aliphatic hydroxyl groups excluding tert-OH is 1. The van der Waals surface area contributed by atoms with Gasteiger partial charge in [-0.2, -0.15) is 0 Å². The fourth-order valence-electron chi connectivity index (χ4n) is 2.86. The van der Waals surface area contributed by atoms with Crippen molar-refractivity contribution in [3.8, 4) is 22.8 Å². The van der Waals surface area contributed by atoms with Crippen LogP contribution in [-0.2, 0) is 6.54 Å². The molecule has 0 unspecified atom stereocenters. The lowest BCUT2D eigenvalue weighted by Gasteiger charge is -2.14. The predicted octanol–water partition coefficient (Wildman–Crippen LogP) is 3.50. The Labute approximate surface area is 169 Å². The average molecular weight is 396 g/mol. The molecular weight excluding hydrogens is 372 g/mol. The summed E-state index contributed by atoms with van der Waals surface area (Å²) in [6.45, 7) is 0.415. The molecule has 29 heavy (non-hydrogen) atoms. The smallest absolute Gasteiger partial charge is 0.315 e. The highest BCUT2D eigenvalue weighted by atomic mass is 16.5. The van der Waals surface area contributed by atoms with Crippen molar-refractivity contribution in [1.29, 1.82) is 0 Å². The van der Waals surface area contributed by atoms with Gasteiger partial charge in [0.15, 0.2) is 11.5 Å². The van der Waals surface area contributed by atoms with Gasteiger partial charge in [0.05, 0.1) is 26.6 Å². The zero-order valence-electron chi connectivity index (χ0n) is 16.3. The Kier molecular flexibility index (Phi) is 6.76. The standard InChI is InChI=1S/C22H24N2O5/c1-27-20-10-5-15(12-21(20)28-2)13-23-22(26)24-14-18(25)16-6-8-17(9-7-16)19-4-3-11-29-19/h3-12,18,25H,13-14H2,1-2H3,(H2,23,24,26)/t18-/m0/s1. The van der Waals surface area contributed by atoms with Crippen LogP contribution < -0.4 is 20.1 Å². The number of benzene rings is 2. The molecule has 0 radical (unpaired) electrons. The number of furan rings is 1. The maximum Gasteiger partial charge on any atom is 0.315 e. The molecule has 7 heteroatoms. The first kappa shape index (κ1) is 20.3.